The second-order valence-electron chi connectivity index (χ2n) is 9.87. The van der Waals surface area contributed by atoms with Crippen LogP contribution in [0.25, 0.3) is 22.3 Å². The molecule has 0 atom stereocenters. The van der Waals surface area contributed by atoms with Crippen molar-refractivity contribution in [3.63, 3.8) is 0 Å². The number of ether oxygens (including phenoxy) is 2. The van der Waals surface area contributed by atoms with Crippen LogP contribution >= 0.6 is 11.6 Å². The molecule has 4 aromatic rings. The van der Waals surface area contributed by atoms with Crippen LogP contribution in [0.3, 0.4) is 0 Å². The maximum atomic E-state index is 14.5. The van der Waals surface area contributed by atoms with E-state index in [4.69, 9.17) is 21.1 Å². The van der Waals surface area contributed by atoms with Gasteiger partial charge >= 0.3 is 5.97 Å². The zero-order valence-electron chi connectivity index (χ0n) is 21.4. The van der Waals surface area contributed by atoms with E-state index < -0.39 is 19.9 Å². The third kappa shape index (κ3) is 6.15. The highest BCUT2D eigenvalue weighted by Gasteiger charge is 2.20. The lowest BCUT2D eigenvalue weighted by Crippen LogP contribution is -2.22. The predicted molar refractivity (Wildman–Crippen MR) is 146 cm³/mol. The normalized spacial score (nSPS) is 11.6. The average Bonchev–Trinajstić information content (AvgIpc) is 3.23. The minimum Gasteiger partial charge on any atom is -0.464 e. The fraction of sp³-hybridized carbons (Fsp3) is 0.308. The van der Waals surface area contributed by atoms with Crippen molar-refractivity contribution in [2.24, 2.45) is 0 Å². The number of pyridine rings is 1. The average molecular weight is 542 g/mol. The van der Waals surface area contributed by atoms with E-state index in [9.17, 15) is 9.18 Å². The molecule has 0 unspecified atom stereocenters. The van der Waals surface area contributed by atoms with Gasteiger partial charge in [-0.3, -0.25) is 4.57 Å². The van der Waals surface area contributed by atoms with Gasteiger partial charge < -0.3 is 14.8 Å². The Labute approximate surface area is 220 Å². The lowest BCUT2D eigenvalue weighted by molar-refractivity contribution is 0.0545. The molecule has 0 radical (unpaired) electrons. The van der Waals surface area contributed by atoms with Gasteiger partial charge in [0, 0.05) is 36.8 Å². The summed E-state index contributed by atoms with van der Waals surface area (Å²) in [5.41, 5.74) is 3.40. The molecular weight excluding hydrogens is 513 g/mol. The fourth-order valence-corrected chi connectivity index (χ4v) is 4.67. The summed E-state index contributed by atoms with van der Waals surface area (Å²) in [5.74, 6) is -0.938. The van der Waals surface area contributed by atoms with Crippen molar-refractivity contribution in [2.75, 3.05) is 19.0 Å². The number of benzene rings is 1. The molecule has 0 spiro atoms. The number of halogens is 2. The van der Waals surface area contributed by atoms with E-state index in [1.54, 1.807) is 35.9 Å². The number of aryl methyl sites for hydroxylation is 1. The number of esters is 1. The molecule has 8 nitrogen and oxygen atoms in total. The molecule has 11 heteroatoms. The number of aromatic nitrogens is 4. The van der Waals surface area contributed by atoms with Crippen LogP contribution in [0.4, 0.5) is 15.8 Å². The highest BCUT2D eigenvalue weighted by molar-refractivity contribution is 6.76. The molecule has 3 aromatic heterocycles. The second kappa shape index (κ2) is 11.0. The number of fused-ring (bicyclic) bond motifs is 1. The molecule has 0 saturated carbocycles. The van der Waals surface area contributed by atoms with Gasteiger partial charge in [-0.25, -0.2) is 14.2 Å². The van der Waals surface area contributed by atoms with Gasteiger partial charge in [0.2, 0.25) is 0 Å². The lowest BCUT2D eigenvalue weighted by atomic mass is 10.1. The summed E-state index contributed by atoms with van der Waals surface area (Å²) in [6.07, 6.45) is 1.64. The standard InChI is InChI=1S/C26H29ClFN5O3Si/c1-16-22(14-23(32-31-16)18-12-17(27)6-7-20(18)28)30-21-8-9-29-25-19(21)13-24(26(34)35-2)33(25)15-36-10-11-37(3,4)5/h6-9,12-14H,10-11,15H2,1-5H3,(H,29,30,32). The topological polar surface area (TPSA) is 91.2 Å². The van der Waals surface area contributed by atoms with Gasteiger partial charge in [0.05, 0.1) is 29.9 Å². The largest absolute Gasteiger partial charge is 0.464 e. The highest BCUT2D eigenvalue weighted by atomic mass is 35.5. The summed E-state index contributed by atoms with van der Waals surface area (Å²) in [6, 6.07) is 10.5. The summed E-state index contributed by atoms with van der Waals surface area (Å²) >= 11 is 6.07. The number of hydrogen-bond acceptors (Lipinski definition) is 7. The number of methoxy groups -OCH3 is 1. The van der Waals surface area contributed by atoms with E-state index in [-0.39, 0.29) is 12.3 Å². The van der Waals surface area contributed by atoms with Crippen molar-refractivity contribution in [3.8, 4) is 11.3 Å². The Hall–Kier alpha value is -3.34. The van der Waals surface area contributed by atoms with Gasteiger partial charge in [0.25, 0.3) is 0 Å². The van der Waals surface area contributed by atoms with Gasteiger partial charge in [-0.05, 0) is 49.4 Å². The van der Waals surface area contributed by atoms with Crippen LogP contribution in [0, 0.1) is 12.7 Å². The zero-order valence-corrected chi connectivity index (χ0v) is 23.2. The van der Waals surface area contributed by atoms with Crippen LogP contribution in [0.1, 0.15) is 16.2 Å². The summed E-state index contributed by atoms with van der Waals surface area (Å²) in [6.45, 7) is 9.40. The van der Waals surface area contributed by atoms with E-state index in [1.807, 2.05) is 0 Å². The van der Waals surface area contributed by atoms with E-state index in [1.165, 1.54) is 25.3 Å². The summed E-state index contributed by atoms with van der Waals surface area (Å²) in [5, 5.41) is 12.8. The number of nitrogens with zero attached hydrogens (tertiary/aromatic N) is 4. The monoisotopic (exact) mass is 541 g/mol. The van der Waals surface area contributed by atoms with Gasteiger partial charge in [0.15, 0.2) is 0 Å². The first-order chi connectivity index (χ1) is 17.6. The number of carbonyl (C=O) groups is 1. The summed E-state index contributed by atoms with van der Waals surface area (Å²) < 4.78 is 27.1. The molecule has 3 heterocycles. The number of nitrogens with one attached hydrogen (secondary N) is 1. The Morgan fingerprint density at radius 2 is 1.92 bits per heavy atom. The Morgan fingerprint density at radius 3 is 2.65 bits per heavy atom. The number of hydrogen-bond donors (Lipinski definition) is 1. The van der Waals surface area contributed by atoms with Crippen LogP contribution in [0.2, 0.25) is 30.7 Å². The molecule has 4 rings (SSSR count). The first-order valence-corrected chi connectivity index (χ1v) is 15.9. The maximum Gasteiger partial charge on any atom is 0.354 e. The molecule has 0 aliphatic heterocycles. The third-order valence-electron chi connectivity index (χ3n) is 5.86. The maximum absolute atomic E-state index is 14.5. The van der Waals surface area contributed by atoms with Gasteiger partial charge in [-0.1, -0.05) is 31.2 Å². The van der Waals surface area contributed by atoms with Crippen LogP contribution in [0.5, 0.6) is 0 Å². The van der Waals surface area contributed by atoms with Crippen molar-refractivity contribution in [1.29, 1.82) is 0 Å². The summed E-state index contributed by atoms with van der Waals surface area (Å²) in [4.78, 5) is 17.1. The Balaban J connectivity index is 1.70. The highest BCUT2D eigenvalue weighted by Crippen LogP contribution is 2.32. The van der Waals surface area contributed by atoms with Crippen molar-refractivity contribution in [2.45, 2.75) is 39.3 Å². The molecule has 0 saturated heterocycles. The Kier molecular flexibility index (Phi) is 7.91. The van der Waals surface area contributed by atoms with Gasteiger partial charge in [-0.15, -0.1) is 0 Å². The number of carbonyl (C=O) groups excluding carboxylic acids is 1. The smallest absolute Gasteiger partial charge is 0.354 e. The minimum absolute atomic E-state index is 0.170. The molecule has 0 amide bonds. The van der Waals surface area contributed by atoms with Crippen LogP contribution in [-0.2, 0) is 16.2 Å². The number of rotatable bonds is 9. The first kappa shape index (κ1) is 26.7. The molecule has 0 aliphatic rings. The van der Waals surface area contributed by atoms with Gasteiger partial charge in [-0.2, -0.15) is 10.2 Å². The van der Waals surface area contributed by atoms with E-state index in [2.05, 4.69) is 40.1 Å². The van der Waals surface area contributed by atoms with E-state index >= 15 is 0 Å². The number of anilines is 2. The first-order valence-electron chi connectivity index (χ1n) is 11.8. The quantitative estimate of drug-likeness (QED) is 0.148. The summed E-state index contributed by atoms with van der Waals surface area (Å²) in [7, 11) is 0.0765. The Bertz CT molecular complexity index is 1450. The predicted octanol–water partition coefficient (Wildman–Crippen LogP) is 6.44. The fourth-order valence-electron chi connectivity index (χ4n) is 3.75. The minimum atomic E-state index is -1.26. The molecule has 37 heavy (non-hydrogen) atoms. The van der Waals surface area contributed by atoms with Crippen LogP contribution in [0.15, 0.2) is 42.6 Å². The molecule has 0 bridgehead atoms. The SMILES string of the molecule is COC(=O)c1cc2c(Nc3cc(-c4cc(Cl)ccc4F)nnc3C)ccnc2n1COCC[Si](C)(C)C. The molecule has 0 aliphatic carbocycles. The van der Waals surface area contributed by atoms with E-state index in [0.29, 0.717) is 51.1 Å². The van der Waals surface area contributed by atoms with Crippen molar-refractivity contribution in [3.05, 3.63) is 64.8 Å². The molecule has 1 N–H and O–H groups in total. The van der Waals surface area contributed by atoms with Crippen LogP contribution < -0.4 is 5.32 Å². The van der Waals surface area contributed by atoms with E-state index in [0.717, 1.165) is 6.04 Å². The van der Waals surface area contributed by atoms with Crippen molar-refractivity contribution >= 4 is 48.1 Å². The second-order valence-corrected chi connectivity index (χ2v) is 15.9. The molecule has 194 valence electrons. The van der Waals surface area contributed by atoms with Gasteiger partial charge in [0.1, 0.15) is 23.9 Å². The molecular formula is C26H29ClFN5O3Si. The van der Waals surface area contributed by atoms with Crippen LogP contribution in [-0.4, -0.2) is 47.5 Å². The molecule has 0 fully saturated rings. The molecule has 1 aromatic carbocycles. The lowest BCUT2D eigenvalue weighted by Gasteiger charge is -2.16. The van der Waals surface area contributed by atoms with Crippen molar-refractivity contribution in [1.82, 2.24) is 19.7 Å². The third-order valence-corrected chi connectivity index (χ3v) is 7.80. The zero-order chi connectivity index (χ0) is 26.7. The Morgan fingerprint density at radius 1 is 1.14 bits per heavy atom. The van der Waals surface area contributed by atoms with Crippen molar-refractivity contribution < 1.29 is 18.7 Å².